The molecule has 1 saturated heterocycles. The van der Waals surface area contributed by atoms with Gasteiger partial charge in [-0.25, -0.2) is 4.39 Å². The van der Waals surface area contributed by atoms with Crippen molar-refractivity contribution < 1.29 is 19.1 Å². The van der Waals surface area contributed by atoms with Crippen molar-refractivity contribution in [3.8, 4) is 0 Å². The minimum atomic E-state index is -0.892. The first-order valence-electron chi connectivity index (χ1n) is 6.54. The highest BCUT2D eigenvalue weighted by Crippen LogP contribution is 2.21. The zero-order chi connectivity index (χ0) is 14.7. The summed E-state index contributed by atoms with van der Waals surface area (Å²) in [5, 5.41) is 9.19. The molecule has 1 heterocycles. The van der Waals surface area contributed by atoms with E-state index in [0.29, 0.717) is 18.5 Å². The molecule has 3 N–H and O–H groups in total. The molecule has 1 atom stereocenters. The summed E-state index contributed by atoms with van der Waals surface area (Å²) in [6.07, 6.45) is 2.31. The van der Waals surface area contributed by atoms with Crippen LogP contribution in [0.1, 0.15) is 35.2 Å². The SMILES string of the molecule is NC(=O)c1ccc(F)c(CN2CCCCC2C(=O)O)c1. The number of primary amides is 1. The third kappa shape index (κ3) is 3.14. The number of aliphatic carboxylic acids is 1. The minimum Gasteiger partial charge on any atom is -0.480 e. The molecule has 1 aromatic carbocycles. The molecule has 1 unspecified atom stereocenters. The second-order valence-electron chi connectivity index (χ2n) is 4.99. The Labute approximate surface area is 116 Å². The third-order valence-corrected chi connectivity index (χ3v) is 3.60. The standard InChI is InChI=1S/C14H17FN2O3/c15-11-5-4-9(13(16)18)7-10(11)8-17-6-2-1-3-12(17)14(19)20/h4-5,7,12H,1-3,6,8H2,(H2,16,18)(H,19,20). The number of rotatable bonds is 4. The van der Waals surface area contributed by atoms with Gasteiger partial charge >= 0.3 is 5.97 Å². The molecular formula is C14H17FN2O3. The molecule has 1 fully saturated rings. The molecule has 1 aromatic rings. The molecule has 0 bridgehead atoms. The Morgan fingerprint density at radius 2 is 2.15 bits per heavy atom. The van der Waals surface area contributed by atoms with Crippen LogP contribution in [-0.4, -0.2) is 34.5 Å². The minimum absolute atomic E-state index is 0.171. The number of carbonyl (C=O) groups is 2. The van der Waals surface area contributed by atoms with Crippen LogP contribution in [0.2, 0.25) is 0 Å². The number of benzene rings is 1. The molecule has 0 saturated carbocycles. The number of halogens is 1. The highest BCUT2D eigenvalue weighted by molar-refractivity contribution is 5.92. The Hall–Kier alpha value is -1.95. The second-order valence-corrected chi connectivity index (χ2v) is 4.99. The number of hydrogen-bond acceptors (Lipinski definition) is 3. The Kier molecular flexibility index (Phi) is 4.34. The Bertz CT molecular complexity index is 533. The zero-order valence-electron chi connectivity index (χ0n) is 11.0. The van der Waals surface area contributed by atoms with E-state index in [1.165, 1.54) is 18.2 Å². The van der Waals surface area contributed by atoms with E-state index in [2.05, 4.69) is 0 Å². The van der Waals surface area contributed by atoms with E-state index < -0.39 is 23.7 Å². The van der Waals surface area contributed by atoms with Crippen molar-refractivity contribution in [2.75, 3.05) is 6.54 Å². The topological polar surface area (TPSA) is 83.6 Å². The van der Waals surface area contributed by atoms with Crippen molar-refractivity contribution in [2.24, 2.45) is 5.73 Å². The summed E-state index contributed by atoms with van der Waals surface area (Å²) in [5.41, 5.74) is 5.70. The van der Waals surface area contributed by atoms with Crippen LogP contribution in [0.15, 0.2) is 18.2 Å². The molecule has 1 aliphatic rings. The van der Waals surface area contributed by atoms with Gasteiger partial charge in [0.1, 0.15) is 11.9 Å². The Balaban J connectivity index is 2.21. The molecule has 0 aromatic heterocycles. The molecule has 6 heteroatoms. The van der Waals surface area contributed by atoms with Crippen LogP contribution in [0, 0.1) is 5.82 Å². The number of likely N-dealkylation sites (tertiary alicyclic amines) is 1. The van der Waals surface area contributed by atoms with Gasteiger partial charge in [0.2, 0.25) is 5.91 Å². The normalized spacial score (nSPS) is 19.8. The van der Waals surface area contributed by atoms with E-state index >= 15 is 0 Å². The smallest absolute Gasteiger partial charge is 0.320 e. The number of nitrogens with two attached hydrogens (primary N) is 1. The predicted molar refractivity (Wildman–Crippen MR) is 70.6 cm³/mol. The van der Waals surface area contributed by atoms with E-state index in [4.69, 9.17) is 5.73 Å². The van der Waals surface area contributed by atoms with Gasteiger partial charge in [-0.15, -0.1) is 0 Å². The largest absolute Gasteiger partial charge is 0.480 e. The van der Waals surface area contributed by atoms with Gasteiger partial charge in [-0.3, -0.25) is 14.5 Å². The summed E-state index contributed by atoms with van der Waals surface area (Å²) in [5.74, 6) is -1.97. The lowest BCUT2D eigenvalue weighted by atomic mass is 10.0. The fourth-order valence-corrected chi connectivity index (χ4v) is 2.53. The summed E-state index contributed by atoms with van der Waals surface area (Å²) in [6.45, 7) is 0.779. The Morgan fingerprint density at radius 3 is 2.80 bits per heavy atom. The maximum atomic E-state index is 13.8. The quantitative estimate of drug-likeness (QED) is 0.872. The third-order valence-electron chi connectivity index (χ3n) is 3.60. The fourth-order valence-electron chi connectivity index (χ4n) is 2.53. The molecule has 108 valence electrons. The molecule has 0 radical (unpaired) electrons. The van der Waals surface area contributed by atoms with Gasteiger partial charge in [0, 0.05) is 17.7 Å². The lowest BCUT2D eigenvalue weighted by Gasteiger charge is -2.32. The van der Waals surface area contributed by atoms with Crippen molar-refractivity contribution in [2.45, 2.75) is 31.8 Å². The van der Waals surface area contributed by atoms with Gasteiger partial charge in [-0.05, 0) is 37.6 Å². The number of carboxylic acids is 1. The number of amides is 1. The van der Waals surface area contributed by atoms with Crippen molar-refractivity contribution in [1.82, 2.24) is 4.90 Å². The van der Waals surface area contributed by atoms with E-state index in [1.54, 1.807) is 4.90 Å². The highest BCUT2D eigenvalue weighted by Gasteiger charge is 2.28. The average Bonchev–Trinajstić information content (AvgIpc) is 2.41. The number of piperidine rings is 1. The van der Waals surface area contributed by atoms with Gasteiger partial charge < -0.3 is 10.8 Å². The van der Waals surface area contributed by atoms with Gasteiger partial charge in [-0.1, -0.05) is 6.42 Å². The molecule has 20 heavy (non-hydrogen) atoms. The first-order valence-corrected chi connectivity index (χ1v) is 6.54. The van der Waals surface area contributed by atoms with E-state index in [9.17, 15) is 19.1 Å². The molecular weight excluding hydrogens is 263 g/mol. The summed E-state index contributed by atoms with van der Waals surface area (Å²) in [4.78, 5) is 24.1. The first-order chi connectivity index (χ1) is 9.49. The maximum Gasteiger partial charge on any atom is 0.320 e. The van der Waals surface area contributed by atoms with Crippen molar-refractivity contribution in [3.05, 3.63) is 35.1 Å². The van der Waals surface area contributed by atoms with Crippen molar-refractivity contribution in [3.63, 3.8) is 0 Å². The fraction of sp³-hybridized carbons (Fsp3) is 0.429. The van der Waals surface area contributed by atoms with Crippen LogP contribution in [-0.2, 0) is 11.3 Å². The highest BCUT2D eigenvalue weighted by atomic mass is 19.1. The van der Waals surface area contributed by atoms with E-state index in [-0.39, 0.29) is 12.1 Å². The van der Waals surface area contributed by atoms with Gasteiger partial charge in [0.05, 0.1) is 0 Å². The maximum absolute atomic E-state index is 13.8. The molecule has 0 aliphatic carbocycles. The van der Waals surface area contributed by atoms with Crippen LogP contribution in [0.5, 0.6) is 0 Å². The number of nitrogens with zero attached hydrogens (tertiary/aromatic N) is 1. The van der Waals surface area contributed by atoms with Crippen LogP contribution < -0.4 is 5.73 Å². The lowest BCUT2D eigenvalue weighted by molar-refractivity contribution is -0.144. The van der Waals surface area contributed by atoms with Crippen molar-refractivity contribution >= 4 is 11.9 Å². The van der Waals surface area contributed by atoms with Gasteiger partial charge in [0.15, 0.2) is 0 Å². The van der Waals surface area contributed by atoms with E-state index in [1.807, 2.05) is 0 Å². The van der Waals surface area contributed by atoms with Gasteiger partial charge in [0.25, 0.3) is 0 Å². The van der Waals surface area contributed by atoms with Crippen LogP contribution in [0.4, 0.5) is 4.39 Å². The zero-order valence-corrected chi connectivity index (χ0v) is 11.0. The molecule has 1 aliphatic heterocycles. The second kappa shape index (κ2) is 6.00. The average molecular weight is 280 g/mol. The van der Waals surface area contributed by atoms with Crippen molar-refractivity contribution in [1.29, 1.82) is 0 Å². The number of carbonyl (C=O) groups excluding carboxylic acids is 1. The lowest BCUT2D eigenvalue weighted by Crippen LogP contribution is -2.44. The monoisotopic (exact) mass is 280 g/mol. The van der Waals surface area contributed by atoms with Crippen LogP contribution in [0.3, 0.4) is 0 Å². The molecule has 1 amide bonds. The summed E-state index contributed by atoms with van der Waals surface area (Å²) < 4.78 is 13.8. The Morgan fingerprint density at radius 1 is 1.40 bits per heavy atom. The molecule has 5 nitrogen and oxygen atoms in total. The summed E-state index contributed by atoms with van der Waals surface area (Å²) in [6, 6.07) is 3.31. The predicted octanol–water partition coefficient (Wildman–Crippen LogP) is 1.36. The first kappa shape index (κ1) is 14.5. The van der Waals surface area contributed by atoms with Crippen LogP contribution in [0.25, 0.3) is 0 Å². The van der Waals surface area contributed by atoms with Gasteiger partial charge in [-0.2, -0.15) is 0 Å². The number of carboxylic acid groups (broad SMARTS) is 1. The van der Waals surface area contributed by atoms with Crippen LogP contribution >= 0.6 is 0 Å². The summed E-state index contributed by atoms with van der Waals surface area (Å²) >= 11 is 0. The van der Waals surface area contributed by atoms with E-state index in [0.717, 1.165) is 12.8 Å². The number of hydrogen-bond donors (Lipinski definition) is 2. The molecule has 0 spiro atoms. The molecule has 2 rings (SSSR count). The summed E-state index contributed by atoms with van der Waals surface area (Å²) in [7, 11) is 0.